The molecule has 3 atom stereocenters. The number of nitrogens with one attached hydrogen (secondary N) is 1. The van der Waals surface area contributed by atoms with Crippen LogP contribution in [0.25, 0.3) is 0 Å². The highest BCUT2D eigenvalue weighted by Crippen LogP contribution is 2.32. The Hall–Kier alpha value is -0.870. The summed E-state index contributed by atoms with van der Waals surface area (Å²) in [7, 11) is 0. The van der Waals surface area contributed by atoms with Crippen LogP contribution in [0.3, 0.4) is 0 Å². The van der Waals surface area contributed by atoms with E-state index in [0.717, 1.165) is 35.7 Å². The fourth-order valence-electron chi connectivity index (χ4n) is 2.96. The average molecular weight is 339 g/mol. The van der Waals surface area contributed by atoms with Crippen LogP contribution in [-0.2, 0) is 4.79 Å². The number of carbonyl (C=O) groups is 1. The van der Waals surface area contributed by atoms with E-state index in [-0.39, 0.29) is 23.4 Å². The molecule has 0 bridgehead atoms. The molecule has 3 N–H and O–H groups in total. The Morgan fingerprint density at radius 3 is 2.90 bits per heavy atom. The largest absolute Gasteiger partial charge is 0.349 e. The smallest absolute Gasteiger partial charge is 0.225 e. The molecule has 0 aliphatic heterocycles. The molecular formula is C16H23BrN2O. The Kier molecular flexibility index (Phi) is 4.86. The number of hydrogen-bond acceptors (Lipinski definition) is 2. The van der Waals surface area contributed by atoms with Crippen molar-refractivity contribution in [2.24, 2.45) is 11.7 Å². The highest BCUT2D eigenvalue weighted by atomic mass is 79.9. The SMILES string of the molecule is CC(NC(=O)C1CCCCC1(C)N)c1cccc(Br)c1. The van der Waals surface area contributed by atoms with Gasteiger partial charge in [0, 0.05) is 10.0 Å². The zero-order chi connectivity index (χ0) is 14.8. The van der Waals surface area contributed by atoms with Gasteiger partial charge in [0.05, 0.1) is 12.0 Å². The van der Waals surface area contributed by atoms with E-state index in [1.165, 1.54) is 0 Å². The lowest BCUT2D eigenvalue weighted by atomic mass is 9.74. The van der Waals surface area contributed by atoms with E-state index in [1.807, 2.05) is 38.1 Å². The fourth-order valence-corrected chi connectivity index (χ4v) is 3.38. The summed E-state index contributed by atoms with van der Waals surface area (Å²) in [5.74, 6) is 0.00743. The van der Waals surface area contributed by atoms with Gasteiger partial charge in [0.2, 0.25) is 5.91 Å². The summed E-state index contributed by atoms with van der Waals surface area (Å²) < 4.78 is 1.03. The van der Waals surface area contributed by atoms with Crippen molar-refractivity contribution in [2.45, 2.75) is 51.1 Å². The standard InChI is InChI=1S/C16H23BrN2O/c1-11(12-6-5-7-13(17)10-12)19-15(20)14-8-3-4-9-16(14,2)18/h5-7,10-11,14H,3-4,8-9,18H2,1-2H3,(H,19,20). The van der Waals surface area contributed by atoms with Gasteiger partial charge in [-0.25, -0.2) is 0 Å². The number of hydrogen-bond donors (Lipinski definition) is 2. The molecule has 0 aromatic heterocycles. The molecule has 0 spiro atoms. The minimum atomic E-state index is -0.376. The Morgan fingerprint density at radius 2 is 2.25 bits per heavy atom. The minimum absolute atomic E-state index is 0.00211. The summed E-state index contributed by atoms with van der Waals surface area (Å²) in [6.45, 7) is 4.01. The zero-order valence-electron chi connectivity index (χ0n) is 12.2. The molecule has 1 fully saturated rings. The molecule has 2 rings (SSSR count). The molecule has 3 nitrogen and oxygen atoms in total. The van der Waals surface area contributed by atoms with Crippen LogP contribution in [0.1, 0.15) is 51.1 Å². The topological polar surface area (TPSA) is 55.1 Å². The maximum absolute atomic E-state index is 12.5. The molecule has 1 aliphatic rings. The average Bonchev–Trinajstić information content (AvgIpc) is 2.37. The molecule has 0 saturated heterocycles. The summed E-state index contributed by atoms with van der Waals surface area (Å²) in [6, 6.07) is 8.02. The molecule has 4 heteroatoms. The van der Waals surface area contributed by atoms with Crippen LogP contribution >= 0.6 is 15.9 Å². The third-order valence-corrected chi connectivity index (χ3v) is 4.77. The van der Waals surface area contributed by atoms with E-state index >= 15 is 0 Å². The van der Waals surface area contributed by atoms with Crippen molar-refractivity contribution in [1.29, 1.82) is 0 Å². The number of carbonyl (C=O) groups excluding carboxylic acids is 1. The number of nitrogens with two attached hydrogens (primary N) is 1. The molecule has 1 aliphatic carbocycles. The fraction of sp³-hybridized carbons (Fsp3) is 0.562. The molecule has 3 unspecified atom stereocenters. The Balaban J connectivity index is 2.03. The van der Waals surface area contributed by atoms with Gasteiger partial charge in [-0.05, 0) is 44.4 Å². The Morgan fingerprint density at radius 1 is 1.50 bits per heavy atom. The van der Waals surface area contributed by atoms with Crippen LogP contribution in [-0.4, -0.2) is 11.4 Å². The second kappa shape index (κ2) is 6.27. The van der Waals surface area contributed by atoms with Crippen LogP contribution in [0.15, 0.2) is 28.7 Å². The van der Waals surface area contributed by atoms with Crippen molar-refractivity contribution >= 4 is 21.8 Å². The number of rotatable bonds is 3. The monoisotopic (exact) mass is 338 g/mol. The van der Waals surface area contributed by atoms with Gasteiger partial charge >= 0.3 is 0 Å². The first-order valence-electron chi connectivity index (χ1n) is 7.25. The van der Waals surface area contributed by atoms with Crippen LogP contribution < -0.4 is 11.1 Å². The predicted molar refractivity (Wildman–Crippen MR) is 85.3 cm³/mol. The highest BCUT2D eigenvalue weighted by Gasteiger charge is 2.38. The van der Waals surface area contributed by atoms with Crippen molar-refractivity contribution in [2.75, 3.05) is 0 Å². The number of amides is 1. The first-order valence-corrected chi connectivity index (χ1v) is 8.04. The van der Waals surface area contributed by atoms with Gasteiger partial charge in [0.15, 0.2) is 0 Å². The summed E-state index contributed by atoms with van der Waals surface area (Å²) in [5.41, 5.74) is 7.02. The number of benzene rings is 1. The Bertz CT molecular complexity index is 487. The van der Waals surface area contributed by atoms with Gasteiger partial charge in [0.1, 0.15) is 0 Å². The van der Waals surface area contributed by atoms with E-state index in [2.05, 4.69) is 21.2 Å². The summed E-state index contributed by atoms with van der Waals surface area (Å²) in [4.78, 5) is 12.5. The van der Waals surface area contributed by atoms with E-state index in [1.54, 1.807) is 0 Å². The second-order valence-electron chi connectivity index (χ2n) is 6.09. The van der Waals surface area contributed by atoms with Crippen molar-refractivity contribution in [3.63, 3.8) is 0 Å². The second-order valence-corrected chi connectivity index (χ2v) is 7.01. The first-order chi connectivity index (χ1) is 9.40. The summed E-state index contributed by atoms with van der Waals surface area (Å²) in [6.07, 6.45) is 4.04. The van der Waals surface area contributed by atoms with Gasteiger partial charge in [0.25, 0.3) is 0 Å². The van der Waals surface area contributed by atoms with Gasteiger partial charge in [-0.2, -0.15) is 0 Å². The van der Waals surface area contributed by atoms with E-state index in [0.29, 0.717) is 0 Å². The van der Waals surface area contributed by atoms with Gasteiger partial charge in [-0.15, -0.1) is 0 Å². The molecule has 1 amide bonds. The predicted octanol–water partition coefficient (Wildman–Crippen LogP) is 3.53. The molecule has 0 heterocycles. The maximum Gasteiger partial charge on any atom is 0.225 e. The van der Waals surface area contributed by atoms with E-state index in [9.17, 15) is 4.79 Å². The molecule has 1 saturated carbocycles. The van der Waals surface area contributed by atoms with Crippen molar-refractivity contribution in [1.82, 2.24) is 5.32 Å². The molecule has 110 valence electrons. The van der Waals surface area contributed by atoms with E-state index in [4.69, 9.17) is 5.73 Å². The van der Waals surface area contributed by atoms with Gasteiger partial charge < -0.3 is 11.1 Å². The van der Waals surface area contributed by atoms with E-state index < -0.39 is 0 Å². The van der Waals surface area contributed by atoms with Crippen LogP contribution in [0.2, 0.25) is 0 Å². The number of halogens is 1. The molecule has 20 heavy (non-hydrogen) atoms. The zero-order valence-corrected chi connectivity index (χ0v) is 13.7. The minimum Gasteiger partial charge on any atom is -0.349 e. The highest BCUT2D eigenvalue weighted by molar-refractivity contribution is 9.10. The molecular weight excluding hydrogens is 316 g/mol. The lowest BCUT2D eigenvalue weighted by molar-refractivity contribution is -0.128. The lowest BCUT2D eigenvalue weighted by Gasteiger charge is -2.37. The van der Waals surface area contributed by atoms with Crippen molar-refractivity contribution in [3.8, 4) is 0 Å². The lowest BCUT2D eigenvalue weighted by Crippen LogP contribution is -2.53. The molecule has 0 radical (unpaired) electrons. The van der Waals surface area contributed by atoms with Crippen LogP contribution in [0.4, 0.5) is 0 Å². The normalized spacial score (nSPS) is 27.9. The molecule has 1 aromatic rings. The third kappa shape index (κ3) is 3.61. The Labute approximate surface area is 129 Å². The first kappa shape index (κ1) is 15.5. The maximum atomic E-state index is 12.5. The van der Waals surface area contributed by atoms with Crippen LogP contribution in [0.5, 0.6) is 0 Å². The van der Waals surface area contributed by atoms with Crippen LogP contribution in [0, 0.1) is 5.92 Å². The third-order valence-electron chi connectivity index (χ3n) is 4.28. The van der Waals surface area contributed by atoms with Gasteiger partial charge in [-0.3, -0.25) is 4.79 Å². The van der Waals surface area contributed by atoms with Crippen molar-refractivity contribution in [3.05, 3.63) is 34.3 Å². The van der Waals surface area contributed by atoms with Crippen molar-refractivity contribution < 1.29 is 4.79 Å². The quantitative estimate of drug-likeness (QED) is 0.885. The van der Waals surface area contributed by atoms with Gasteiger partial charge in [-0.1, -0.05) is 40.9 Å². The molecule has 1 aromatic carbocycles. The summed E-state index contributed by atoms with van der Waals surface area (Å²) in [5, 5.41) is 3.11. The summed E-state index contributed by atoms with van der Waals surface area (Å²) >= 11 is 3.46.